The zero-order valence-electron chi connectivity index (χ0n) is 23.0. The topological polar surface area (TPSA) is 78.9 Å². The van der Waals surface area contributed by atoms with Crippen molar-refractivity contribution in [1.82, 2.24) is 14.9 Å². The number of rotatable bonds is 5. The third-order valence-corrected chi connectivity index (χ3v) is 8.56. The Kier molecular flexibility index (Phi) is 7.01. The Morgan fingerprint density at radius 2 is 1.56 bits per heavy atom. The van der Waals surface area contributed by atoms with Gasteiger partial charge in [0.05, 0.1) is 11.4 Å². The Hall–Kier alpha value is -3.83. The van der Waals surface area contributed by atoms with Crippen LogP contribution >= 0.6 is 0 Å². The van der Waals surface area contributed by atoms with E-state index in [1.54, 1.807) is 0 Å². The van der Waals surface area contributed by atoms with Crippen LogP contribution in [0.15, 0.2) is 66.9 Å². The lowest BCUT2D eigenvalue weighted by molar-refractivity contribution is 0.222. The summed E-state index contributed by atoms with van der Waals surface area (Å²) in [6.45, 7) is 6.61. The maximum absolute atomic E-state index is 8.97. The van der Waals surface area contributed by atoms with E-state index in [0.29, 0.717) is 23.1 Å². The summed E-state index contributed by atoms with van der Waals surface area (Å²) < 4.78 is 0. The molecule has 0 radical (unpaired) electrons. The summed E-state index contributed by atoms with van der Waals surface area (Å²) in [6.07, 6.45) is 9.31. The van der Waals surface area contributed by atoms with Gasteiger partial charge in [0.25, 0.3) is 0 Å². The van der Waals surface area contributed by atoms with Crippen molar-refractivity contribution in [1.29, 1.82) is 5.41 Å². The largest absolute Gasteiger partial charge is 0.383 e. The molecule has 3 N–H and O–H groups in total. The zero-order valence-corrected chi connectivity index (χ0v) is 23.0. The SMILES string of the molecule is Cc1ccc(C)c(-c2ccc(C(=N)c3cc(-c4ccc5c(c4)CCC(N4CCCC4)CC5)cnc3N)cc2)n1. The number of pyridine rings is 2. The van der Waals surface area contributed by atoms with E-state index in [4.69, 9.17) is 16.1 Å². The molecule has 198 valence electrons. The summed E-state index contributed by atoms with van der Waals surface area (Å²) in [4.78, 5) is 11.9. The van der Waals surface area contributed by atoms with Crippen LogP contribution in [0, 0.1) is 19.3 Å². The molecule has 1 aliphatic heterocycles. The third-order valence-electron chi connectivity index (χ3n) is 8.56. The van der Waals surface area contributed by atoms with Crippen LogP contribution in [-0.2, 0) is 12.8 Å². The lowest BCUT2D eigenvalue weighted by Crippen LogP contribution is -2.32. The van der Waals surface area contributed by atoms with Crippen molar-refractivity contribution in [2.24, 2.45) is 0 Å². The molecule has 1 saturated heterocycles. The summed E-state index contributed by atoms with van der Waals surface area (Å²) >= 11 is 0. The number of aromatic nitrogens is 2. The van der Waals surface area contributed by atoms with E-state index in [0.717, 1.165) is 52.0 Å². The molecule has 1 atom stereocenters. The summed E-state index contributed by atoms with van der Waals surface area (Å²) in [7, 11) is 0. The highest BCUT2D eigenvalue weighted by Gasteiger charge is 2.24. The van der Waals surface area contributed by atoms with E-state index in [-0.39, 0.29) is 0 Å². The molecule has 5 nitrogen and oxygen atoms in total. The molecule has 4 aromatic rings. The molecule has 6 rings (SSSR count). The number of nitrogens with one attached hydrogen (secondary N) is 1. The van der Waals surface area contributed by atoms with Crippen LogP contribution in [0.4, 0.5) is 5.82 Å². The second kappa shape index (κ2) is 10.7. The summed E-state index contributed by atoms with van der Waals surface area (Å²) in [5.74, 6) is 0.382. The number of fused-ring (bicyclic) bond motifs is 1. The van der Waals surface area contributed by atoms with Crippen LogP contribution in [0.5, 0.6) is 0 Å². The molecule has 2 aromatic heterocycles. The van der Waals surface area contributed by atoms with Crippen molar-refractivity contribution in [2.75, 3.05) is 18.8 Å². The van der Waals surface area contributed by atoms with Crippen LogP contribution in [0.1, 0.15) is 59.2 Å². The molecular weight excluding hydrogens is 478 g/mol. The molecule has 1 unspecified atom stereocenters. The Bertz CT molecular complexity index is 1520. The number of hydrogen-bond acceptors (Lipinski definition) is 5. The molecule has 39 heavy (non-hydrogen) atoms. The first-order valence-corrected chi connectivity index (χ1v) is 14.2. The van der Waals surface area contributed by atoms with Gasteiger partial charge in [-0.15, -0.1) is 0 Å². The highest BCUT2D eigenvalue weighted by atomic mass is 15.2. The number of aryl methyl sites for hydroxylation is 4. The zero-order chi connectivity index (χ0) is 26.9. The Balaban J connectivity index is 1.24. The van der Waals surface area contributed by atoms with Gasteiger partial charge in [-0.25, -0.2) is 4.98 Å². The van der Waals surface area contributed by atoms with Crippen molar-refractivity contribution in [3.63, 3.8) is 0 Å². The summed E-state index contributed by atoms with van der Waals surface area (Å²) in [5, 5.41) is 8.97. The van der Waals surface area contributed by atoms with Crippen LogP contribution in [-0.4, -0.2) is 39.7 Å². The van der Waals surface area contributed by atoms with Crippen molar-refractivity contribution in [2.45, 2.75) is 58.4 Å². The first-order valence-electron chi connectivity index (χ1n) is 14.2. The fourth-order valence-electron chi connectivity index (χ4n) is 6.24. The third kappa shape index (κ3) is 5.24. The number of nitrogens with two attached hydrogens (primary N) is 1. The maximum Gasteiger partial charge on any atom is 0.132 e. The fraction of sp³-hybridized carbons (Fsp3) is 0.324. The van der Waals surface area contributed by atoms with E-state index >= 15 is 0 Å². The first kappa shape index (κ1) is 25.4. The lowest BCUT2D eigenvalue weighted by Gasteiger charge is -2.26. The summed E-state index contributed by atoms with van der Waals surface area (Å²) in [6, 6.07) is 21.7. The van der Waals surface area contributed by atoms with Gasteiger partial charge in [-0.1, -0.05) is 48.5 Å². The van der Waals surface area contributed by atoms with E-state index in [2.05, 4.69) is 41.1 Å². The van der Waals surface area contributed by atoms with Gasteiger partial charge in [-0.05, 0) is 99.8 Å². The Labute approximate surface area is 231 Å². The van der Waals surface area contributed by atoms with Crippen LogP contribution in [0.25, 0.3) is 22.4 Å². The van der Waals surface area contributed by atoms with Crippen molar-refractivity contribution >= 4 is 11.5 Å². The minimum atomic E-state index is 0.380. The highest BCUT2D eigenvalue weighted by Crippen LogP contribution is 2.31. The van der Waals surface area contributed by atoms with Gasteiger partial charge in [0, 0.05) is 40.2 Å². The quantitative estimate of drug-likeness (QED) is 0.227. The molecule has 5 heteroatoms. The fourth-order valence-corrected chi connectivity index (χ4v) is 6.24. The van der Waals surface area contributed by atoms with Gasteiger partial charge in [0.15, 0.2) is 0 Å². The predicted molar refractivity (Wildman–Crippen MR) is 160 cm³/mol. The molecule has 0 amide bonds. The summed E-state index contributed by atoms with van der Waals surface area (Å²) in [5.41, 5.74) is 17.4. The molecule has 3 heterocycles. The van der Waals surface area contributed by atoms with E-state index < -0.39 is 0 Å². The molecular formula is C34H37N5. The monoisotopic (exact) mass is 515 g/mol. The van der Waals surface area contributed by atoms with E-state index in [1.165, 1.54) is 49.9 Å². The molecule has 0 spiro atoms. The standard InChI is InChI=1S/C34H37N5/c1-22-5-6-23(2)38-33(22)26-10-8-25(9-11-26)32(35)31-20-29(21-37-34(31)36)28-12-7-24-13-15-30(16-14-27(24)19-28)39-17-3-4-18-39/h5-12,19-21,30,35H,3-4,13-18H2,1-2H3,(H2,36,37). The molecule has 0 saturated carbocycles. The molecule has 2 aliphatic rings. The van der Waals surface area contributed by atoms with Crippen LogP contribution < -0.4 is 5.73 Å². The first-order chi connectivity index (χ1) is 19.0. The minimum absolute atomic E-state index is 0.380. The van der Waals surface area contributed by atoms with Gasteiger partial charge in [-0.2, -0.15) is 0 Å². The predicted octanol–water partition coefficient (Wildman–Crippen LogP) is 6.77. The highest BCUT2D eigenvalue weighted by molar-refractivity contribution is 6.14. The van der Waals surface area contributed by atoms with Crippen molar-refractivity contribution in [3.8, 4) is 22.4 Å². The number of anilines is 1. The van der Waals surface area contributed by atoms with E-state index in [9.17, 15) is 0 Å². The van der Waals surface area contributed by atoms with Crippen molar-refractivity contribution < 1.29 is 0 Å². The van der Waals surface area contributed by atoms with Gasteiger partial charge in [0.2, 0.25) is 0 Å². The second-order valence-electron chi connectivity index (χ2n) is 11.2. The van der Waals surface area contributed by atoms with Gasteiger partial charge < -0.3 is 10.6 Å². The lowest BCUT2D eigenvalue weighted by atomic mass is 9.95. The minimum Gasteiger partial charge on any atom is -0.383 e. The molecule has 2 aromatic carbocycles. The normalized spacial score (nSPS) is 17.5. The van der Waals surface area contributed by atoms with Gasteiger partial charge in [-0.3, -0.25) is 10.4 Å². The number of likely N-dealkylation sites (tertiary alicyclic amines) is 1. The van der Waals surface area contributed by atoms with Crippen molar-refractivity contribution in [3.05, 3.63) is 100 Å². The number of hydrogen-bond donors (Lipinski definition) is 2. The maximum atomic E-state index is 8.97. The Morgan fingerprint density at radius 1 is 0.846 bits per heavy atom. The van der Waals surface area contributed by atoms with Crippen LogP contribution in [0.3, 0.4) is 0 Å². The average molecular weight is 516 g/mol. The van der Waals surface area contributed by atoms with E-state index in [1.807, 2.05) is 49.5 Å². The second-order valence-corrected chi connectivity index (χ2v) is 11.2. The van der Waals surface area contributed by atoms with Gasteiger partial charge >= 0.3 is 0 Å². The average Bonchev–Trinajstić information content (AvgIpc) is 3.41. The van der Waals surface area contributed by atoms with Crippen LogP contribution in [0.2, 0.25) is 0 Å². The number of benzene rings is 2. The smallest absolute Gasteiger partial charge is 0.132 e. The number of nitrogens with zero attached hydrogens (tertiary/aromatic N) is 3. The molecule has 1 fully saturated rings. The molecule has 1 aliphatic carbocycles. The molecule has 0 bridgehead atoms. The van der Waals surface area contributed by atoms with Gasteiger partial charge in [0.1, 0.15) is 5.82 Å². The number of nitrogen functional groups attached to an aromatic ring is 1. The Morgan fingerprint density at radius 3 is 2.33 bits per heavy atom.